The van der Waals surface area contributed by atoms with Gasteiger partial charge in [-0.15, -0.1) is 0 Å². The Bertz CT molecular complexity index is 58.4. The molecule has 2 atom stereocenters. The van der Waals surface area contributed by atoms with E-state index in [-0.39, 0.29) is 0 Å². The second-order valence-corrected chi connectivity index (χ2v) is 2.52. The van der Waals surface area contributed by atoms with E-state index < -0.39 is 0 Å². The minimum absolute atomic E-state index is 1.16. The molecule has 2 fully saturated rings. The highest BCUT2D eigenvalue weighted by atomic mass is 14.5. The molecule has 0 N–H and O–H groups in total. The first-order chi connectivity index (χ1) is 2.97. The Balaban J connectivity index is 2.09. The smallest absolute Gasteiger partial charge is 0.0380 e. The molecule has 2 aliphatic rings. The maximum atomic E-state index is 2.43. The first-order valence-electron chi connectivity index (χ1n) is 2.78. The van der Waals surface area contributed by atoms with Crippen molar-refractivity contribution in [2.75, 3.05) is 0 Å². The maximum absolute atomic E-state index is 2.43. The van der Waals surface area contributed by atoms with Crippen molar-refractivity contribution in [1.29, 1.82) is 0 Å². The van der Waals surface area contributed by atoms with Crippen molar-refractivity contribution in [3.05, 3.63) is 6.42 Å². The first-order valence-corrected chi connectivity index (χ1v) is 2.78. The summed E-state index contributed by atoms with van der Waals surface area (Å²) in [5, 5.41) is 0. The molecule has 6 heavy (non-hydrogen) atoms. The average Bonchev–Trinajstić information content (AvgIpc) is 2.17. The lowest BCUT2D eigenvalue weighted by Gasteiger charge is -1.80. The van der Waals surface area contributed by atoms with Gasteiger partial charge in [-0.1, -0.05) is 0 Å². The predicted octanol–water partition coefficient (Wildman–Crippen LogP) is 1.62. The topological polar surface area (TPSA) is 0 Å². The van der Waals surface area contributed by atoms with Gasteiger partial charge in [0.25, 0.3) is 0 Å². The van der Waals surface area contributed by atoms with Crippen molar-refractivity contribution < 1.29 is 0 Å². The van der Waals surface area contributed by atoms with Crippen LogP contribution in [0.1, 0.15) is 19.3 Å². The van der Waals surface area contributed by atoms with Crippen molar-refractivity contribution >= 4 is 0 Å². The molecule has 0 heterocycles. The molecular weight excluding hydrogens is 72.1 g/mol. The van der Waals surface area contributed by atoms with Crippen LogP contribution >= 0.6 is 0 Å². The highest BCUT2D eigenvalue weighted by Crippen LogP contribution is 2.50. The molecule has 2 aliphatic carbocycles. The molecule has 0 aromatic heterocycles. The standard InChI is InChI=1S/C6H9/c1-2-5-4-6(5)3-1/h1,5-6H,2-4H2/t5-,6+. The largest absolute Gasteiger partial charge is 0.0470 e. The Morgan fingerprint density at radius 3 is 2.00 bits per heavy atom. The van der Waals surface area contributed by atoms with E-state index in [4.69, 9.17) is 0 Å². The zero-order valence-corrected chi connectivity index (χ0v) is 3.85. The first kappa shape index (κ1) is 3.06. The van der Waals surface area contributed by atoms with E-state index in [1.165, 1.54) is 12.8 Å². The van der Waals surface area contributed by atoms with Gasteiger partial charge in [-0.05, 0) is 37.5 Å². The molecule has 0 aromatic carbocycles. The van der Waals surface area contributed by atoms with E-state index >= 15 is 0 Å². The van der Waals surface area contributed by atoms with Crippen LogP contribution in [0.5, 0.6) is 0 Å². The minimum atomic E-state index is 1.16. The van der Waals surface area contributed by atoms with Crippen LogP contribution in [0.4, 0.5) is 0 Å². The summed E-state index contributed by atoms with van der Waals surface area (Å²) in [4.78, 5) is 0. The van der Waals surface area contributed by atoms with Gasteiger partial charge in [-0.25, -0.2) is 0 Å². The van der Waals surface area contributed by atoms with E-state index in [0.29, 0.717) is 0 Å². The van der Waals surface area contributed by atoms with Gasteiger partial charge in [0.2, 0.25) is 0 Å². The van der Waals surface area contributed by atoms with Crippen LogP contribution in [0.2, 0.25) is 0 Å². The summed E-state index contributed by atoms with van der Waals surface area (Å²) in [5.74, 6) is 2.31. The van der Waals surface area contributed by atoms with Crippen LogP contribution in [0.3, 0.4) is 0 Å². The lowest BCUT2D eigenvalue weighted by molar-refractivity contribution is 0.834. The summed E-state index contributed by atoms with van der Waals surface area (Å²) in [6.45, 7) is 0. The van der Waals surface area contributed by atoms with Gasteiger partial charge in [0, 0.05) is 0 Å². The molecule has 0 aromatic rings. The van der Waals surface area contributed by atoms with Gasteiger partial charge in [0.05, 0.1) is 0 Å². The molecule has 2 saturated carbocycles. The quantitative estimate of drug-likeness (QED) is 0.415. The number of rotatable bonds is 0. The molecule has 0 nitrogen and oxygen atoms in total. The lowest BCUT2D eigenvalue weighted by atomic mass is 10.3. The van der Waals surface area contributed by atoms with E-state index in [1.807, 2.05) is 0 Å². The zero-order chi connectivity index (χ0) is 3.98. The molecule has 33 valence electrons. The molecule has 1 radical (unpaired) electrons. The predicted molar refractivity (Wildman–Crippen MR) is 25.1 cm³/mol. The fraction of sp³-hybridized carbons (Fsp3) is 0.833. The molecule has 2 rings (SSSR count). The minimum Gasteiger partial charge on any atom is -0.0470 e. The fourth-order valence-corrected chi connectivity index (χ4v) is 1.41. The van der Waals surface area contributed by atoms with Crippen molar-refractivity contribution in [3.63, 3.8) is 0 Å². The second-order valence-electron chi connectivity index (χ2n) is 2.52. The summed E-state index contributed by atoms with van der Waals surface area (Å²) in [7, 11) is 0. The van der Waals surface area contributed by atoms with Crippen LogP contribution in [-0.2, 0) is 0 Å². The normalized spacial score (nSPS) is 52.0. The van der Waals surface area contributed by atoms with Gasteiger partial charge in [0.15, 0.2) is 0 Å². The van der Waals surface area contributed by atoms with Crippen molar-refractivity contribution in [3.8, 4) is 0 Å². The molecule has 0 amide bonds. The molecule has 0 unspecified atom stereocenters. The Morgan fingerprint density at radius 2 is 1.83 bits per heavy atom. The van der Waals surface area contributed by atoms with Crippen molar-refractivity contribution in [1.82, 2.24) is 0 Å². The number of hydrogen-bond donors (Lipinski definition) is 0. The average molecular weight is 81.1 g/mol. The third kappa shape index (κ3) is 0.250. The molecule has 0 saturated heterocycles. The van der Waals surface area contributed by atoms with Gasteiger partial charge >= 0.3 is 0 Å². The van der Waals surface area contributed by atoms with Crippen LogP contribution in [0.25, 0.3) is 0 Å². The third-order valence-corrected chi connectivity index (χ3v) is 2.01. The lowest BCUT2D eigenvalue weighted by Crippen LogP contribution is -1.65. The molecule has 0 heteroatoms. The van der Waals surface area contributed by atoms with Gasteiger partial charge in [-0.2, -0.15) is 0 Å². The summed E-state index contributed by atoms with van der Waals surface area (Å²) < 4.78 is 0. The maximum Gasteiger partial charge on any atom is -0.0380 e. The SMILES string of the molecule is [CH]1C[C@@H]2C[C@@H]2C1. The Hall–Kier alpha value is 0. The summed E-state index contributed by atoms with van der Waals surface area (Å²) in [6.07, 6.45) is 6.85. The van der Waals surface area contributed by atoms with Gasteiger partial charge in [-0.3, -0.25) is 0 Å². The van der Waals surface area contributed by atoms with Crippen molar-refractivity contribution in [2.45, 2.75) is 19.3 Å². The van der Waals surface area contributed by atoms with E-state index in [9.17, 15) is 0 Å². The molecule has 0 aliphatic heterocycles. The van der Waals surface area contributed by atoms with Crippen molar-refractivity contribution in [2.24, 2.45) is 11.8 Å². The molecule has 0 bridgehead atoms. The monoisotopic (exact) mass is 81.1 g/mol. The van der Waals surface area contributed by atoms with Crippen LogP contribution in [-0.4, -0.2) is 0 Å². The van der Waals surface area contributed by atoms with Gasteiger partial charge < -0.3 is 0 Å². The number of hydrogen-bond acceptors (Lipinski definition) is 0. The Labute approximate surface area is 38.6 Å². The van der Waals surface area contributed by atoms with Crippen LogP contribution < -0.4 is 0 Å². The highest BCUT2D eigenvalue weighted by Gasteiger charge is 2.40. The summed E-state index contributed by atoms with van der Waals surface area (Å²) in [6, 6.07) is 0. The second kappa shape index (κ2) is 0.800. The fourth-order valence-electron chi connectivity index (χ4n) is 1.41. The summed E-state index contributed by atoms with van der Waals surface area (Å²) in [5.41, 5.74) is 0. The van der Waals surface area contributed by atoms with E-state index in [1.54, 1.807) is 6.42 Å². The highest BCUT2D eigenvalue weighted by molar-refractivity contribution is 4.99. The molecule has 0 spiro atoms. The number of fused-ring (bicyclic) bond motifs is 1. The van der Waals surface area contributed by atoms with E-state index in [2.05, 4.69) is 6.42 Å². The van der Waals surface area contributed by atoms with Gasteiger partial charge in [0.1, 0.15) is 0 Å². The van der Waals surface area contributed by atoms with E-state index in [0.717, 1.165) is 11.8 Å². The summed E-state index contributed by atoms with van der Waals surface area (Å²) >= 11 is 0. The molecular formula is C6H9. The van der Waals surface area contributed by atoms with Crippen LogP contribution in [0, 0.1) is 18.3 Å². The van der Waals surface area contributed by atoms with Crippen LogP contribution in [0.15, 0.2) is 0 Å². The third-order valence-electron chi connectivity index (χ3n) is 2.01. The Kier molecular flexibility index (Phi) is 0.408. The Morgan fingerprint density at radius 1 is 1.17 bits per heavy atom. The zero-order valence-electron chi connectivity index (χ0n) is 3.85.